The van der Waals surface area contributed by atoms with Gasteiger partial charge in [-0.2, -0.15) is 0 Å². The van der Waals surface area contributed by atoms with E-state index in [-0.39, 0.29) is 11.8 Å². The summed E-state index contributed by atoms with van der Waals surface area (Å²) < 4.78 is 11.4. The summed E-state index contributed by atoms with van der Waals surface area (Å²) in [4.78, 5) is 29.9. The molecule has 0 atom stereocenters. The maximum absolute atomic E-state index is 13.2. The van der Waals surface area contributed by atoms with Gasteiger partial charge in [-0.05, 0) is 44.6 Å². The Bertz CT molecular complexity index is 1140. The van der Waals surface area contributed by atoms with Crippen LogP contribution in [-0.4, -0.2) is 54.9 Å². The van der Waals surface area contributed by atoms with Crippen LogP contribution in [0.25, 0.3) is 21.9 Å². The van der Waals surface area contributed by atoms with Gasteiger partial charge < -0.3 is 14.1 Å². The van der Waals surface area contributed by atoms with Crippen LogP contribution in [0.2, 0.25) is 0 Å². The molecule has 0 unspecified atom stereocenters. The number of imide groups is 1. The average Bonchev–Trinajstić information content (AvgIpc) is 3.23. The van der Waals surface area contributed by atoms with Crippen LogP contribution in [0.4, 0.5) is 0 Å². The average molecular weight is 394 g/mol. The number of rotatable bonds is 6. The molecule has 152 valence electrons. The predicted octanol–water partition coefficient (Wildman–Crippen LogP) is 4.15. The van der Waals surface area contributed by atoms with Crippen LogP contribution in [-0.2, 0) is 0 Å². The summed E-state index contributed by atoms with van der Waals surface area (Å²) in [5, 5.41) is 1.82. The van der Waals surface area contributed by atoms with Gasteiger partial charge in [-0.3, -0.25) is 14.5 Å². The van der Waals surface area contributed by atoms with E-state index >= 15 is 0 Å². The summed E-state index contributed by atoms with van der Waals surface area (Å²) in [5.41, 5.74) is 3.86. The van der Waals surface area contributed by atoms with E-state index < -0.39 is 0 Å². The number of carbonyl (C=O) groups excluding carboxylic acids is 2. The second kappa shape index (κ2) is 7.19. The van der Waals surface area contributed by atoms with Crippen molar-refractivity contribution in [3.63, 3.8) is 0 Å². The molecule has 1 aliphatic heterocycles. The Morgan fingerprint density at radius 1 is 1.03 bits per heavy atom. The Morgan fingerprint density at radius 2 is 1.69 bits per heavy atom. The maximum atomic E-state index is 13.2. The van der Waals surface area contributed by atoms with Gasteiger partial charge in [-0.15, -0.1) is 0 Å². The van der Waals surface area contributed by atoms with Crippen molar-refractivity contribution in [1.82, 2.24) is 9.80 Å². The highest BCUT2D eigenvalue weighted by Gasteiger charge is 2.40. The molecule has 1 aromatic heterocycles. The number of ether oxygens (including phenoxy) is 1. The quantitative estimate of drug-likeness (QED) is 0.588. The third kappa shape index (κ3) is 2.82. The third-order valence-corrected chi connectivity index (χ3v) is 6.07. The molecule has 0 N–H and O–H groups in total. The van der Waals surface area contributed by atoms with Crippen molar-refractivity contribution in [2.45, 2.75) is 27.7 Å². The molecule has 0 bridgehead atoms. The SMILES string of the molecule is CCN(CC)CCN1C(=O)c2c(c(C)c3c(oc4cc(OC)ccc43)c2C)C1=O. The zero-order valence-corrected chi connectivity index (χ0v) is 17.6. The van der Waals surface area contributed by atoms with Crippen LogP contribution >= 0.6 is 0 Å². The molecule has 0 saturated carbocycles. The number of likely N-dealkylation sites (N-methyl/N-ethyl adjacent to an activating group) is 1. The number of furan rings is 1. The Hall–Kier alpha value is -2.86. The predicted molar refractivity (Wildman–Crippen MR) is 113 cm³/mol. The largest absolute Gasteiger partial charge is 0.497 e. The normalized spacial score (nSPS) is 13.9. The first kappa shape index (κ1) is 19.5. The fourth-order valence-electron chi connectivity index (χ4n) is 4.33. The van der Waals surface area contributed by atoms with Crippen LogP contribution in [0.3, 0.4) is 0 Å². The monoisotopic (exact) mass is 394 g/mol. The summed E-state index contributed by atoms with van der Waals surface area (Å²) >= 11 is 0. The molecule has 4 rings (SSSR count). The van der Waals surface area contributed by atoms with Crippen LogP contribution in [0, 0.1) is 13.8 Å². The van der Waals surface area contributed by atoms with Gasteiger partial charge in [-0.25, -0.2) is 0 Å². The first-order valence-electron chi connectivity index (χ1n) is 10.0. The van der Waals surface area contributed by atoms with Gasteiger partial charge in [0.1, 0.15) is 16.9 Å². The number of methoxy groups -OCH3 is 1. The van der Waals surface area contributed by atoms with Gasteiger partial charge in [0, 0.05) is 35.5 Å². The number of hydrogen-bond donors (Lipinski definition) is 0. The van der Waals surface area contributed by atoms with Crippen LogP contribution in [0.15, 0.2) is 22.6 Å². The minimum atomic E-state index is -0.224. The molecule has 2 heterocycles. The highest BCUT2D eigenvalue weighted by atomic mass is 16.5. The van der Waals surface area contributed by atoms with Gasteiger partial charge in [-0.1, -0.05) is 13.8 Å². The molecule has 0 fully saturated rings. The van der Waals surface area contributed by atoms with Gasteiger partial charge in [0.2, 0.25) is 0 Å². The van der Waals surface area contributed by atoms with E-state index in [9.17, 15) is 9.59 Å². The Labute approximate surface area is 170 Å². The smallest absolute Gasteiger partial charge is 0.262 e. The molecule has 2 amide bonds. The highest BCUT2D eigenvalue weighted by Crippen LogP contribution is 2.41. The molecule has 29 heavy (non-hydrogen) atoms. The van der Waals surface area contributed by atoms with Crippen molar-refractivity contribution in [3.8, 4) is 5.75 Å². The Balaban J connectivity index is 1.85. The van der Waals surface area contributed by atoms with Gasteiger partial charge in [0.25, 0.3) is 11.8 Å². The standard InChI is InChI=1S/C23H26N2O4/c1-6-24(7-2)10-11-25-22(26)19-13(3)18-16-9-8-15(28-5)12-17(16)29-21(18)14(4)20(19)23(25)27/h8-9,12H,6-7,10-11H2,1-5H3. The summed E-state index contributed by atoms with van der Waals surface area (Å²) in [6, 6.07) is 5.65. The molecule has 0 aliphatic carbocycles. The van der Waals surface area contributed by atoms with Crippen molar-refractivity contribution in [1.29, 1.82) is 0 Å². The van der Waals surface area contributed by atoms with E-state index in [4.69, 9.17) is 9.15 Å². The number of aryl methyl sites for hydroxylation is 2. The number of nitrogens with zero attached hydrogens (tertiary/aromatic N) is 2. The lowest BCUT2D eigenvalue weighted by Crippen LogP contribution is -2.38. The second-order valence-electron chi connectivity index (χ2n) is 7.46. The lowest BCUT2D eigenvalue weighted by molar-refractivity contribution is 0.0638. The van der Waals surface area contributed by atoms with E-state index in [1.165, 1.54) is 4.90 Å². The number of amides is 2. The second-order valence-corrected chi connectivity index (χ2v) is 7.46. The Morgan fingerprint density at radius 3 is 2.31 bits per heavy atom. The number of hydrogen-bond acceptors (Lipinski definition) is 5. The molecular formula is C23H26N2O4. The lowest BCUT2D eigenvalue weighted by Gasteiger charge is -2.21. The molecule has 6 heteroatoms. The number of fused-ring (bicyclic) bond motifs is 4. The van der Waals surface area contributed by atoms with E-state index in [0.29, 0.717) is 41.1 Å². The number of benzene rings is 2. The van der Waals surface area contributed by atoms with Crippen molar-refractivity contribution >= 4 is 33.8 Å². The van der Waals surface area contributed by atoms with Crippen LogP contribution < -0.4 is 4.74 Å². The van der Waals surface area contributed by atoms with E-state index in [2.05, 4.69) is 18.7 Å². The Kier molecular flexibility index (Phi) is 4.82. The first-order chi connectivity index (χ1) is 13.9. The van der Waals surface area contributed by atoms with Crippen molar-refractivity contribution < 1.29 is 18.7 Å². The summed E-state index contributed by atoms with van der Waals surface area (Å²) in [6.07, 6.45) is 0. The van der Waals surface area contributed by atoms with Gasteiger partial charge in [0.15, 0.2) is 0 Å². The van der Waals surface area contributed by atoms with E-state index in [1.807, 2.05) is 32.0 Å². The van der Waals surface area contributed by atoms with Gasteiger partial charge in [0.05, 0.1) is 18.2 Å². The molecule has 0 spiro atoms. The highest BCUT2D eigenvalue weighted by molar-refractivity contribution is 6.26. The lowest BCUT2D eigenvalue weighted by atomic mass is 9.94. The fourth-order valence-corrected chi connectivity index (χ4v) is 4.33. The molecule has 2 aromatic carbocycles. The topological polar surface area (TPSA) is 63.0 Å². The van der Waals surface area contributed by atoms with E-state index in [1.54, 1.807) is 7.11 Å². The zero-order chi connectivity index (χ0) is 20.9. The van der Waals surface area contributed by atoms with Crippen molar-refractivity contribution in [3.05, 3.63) is 40.5 Å². The molecular weight excluding hydrogens is 368 g/mol. The zero-order valence-electron chi connectivity index (χ0n) is 17.6. The minimum absolute atomic E-state index is 0.206. The summed E-state index contributed by atoms with van der Waals surface area (Å²) in [6.45, 7) is 10.8. The van der Waals surface area contributed by atoms with Crippen molar-refractivity contribution in [2.75, 3.05) is 33.3 Å². The summed E-state index contributed by atoms with van der Waals surface area (Å²) in [5.74, 6) is 0.273. The van der Waals surface area contributed by atoms with E-state index in [0.717, 1.165) is 35.0 Å². The molecule has 3 aromatic rings. The summed E-state index contributed by atoms with van der Waals surface area (Å²) in [7, 11) is 1.61. The number of carbonyl (C=O) groups is 2. The van der Waals surface area contributed by atoms with Crippen molar-refractivity contribution in [2.24, 2.45) is 0 Å². The fraction of sp³-hybridized carbons (Fsp3) is 0.391. The molecule has 0 radical (unpaired) electrons. The maximum Gasteiger partial charge on any atom is 0.262 e. The molecule has 1 aliphatic rings. The molecule has 0 saturated heterocycles. The first-order valence-corrected chi connectivity index (χ1v) is 10.0. The van der Waals surface area contributed by atoms with Crippen LogP contribution in [0.5, 0.6) is 5.75 Å². The molecule has 6 nitrogen and oxygen atoms in total. The minimum Gasteiger partial charge on any atom is -0.497 e. The third-order valence-electron chi connectivity index (χ3n) is 6.07. The van der Waals surface area contributed by atoms with Gasteiger partial charge >= 0.3 is 0 Å². The van der Waals surface area contributed by atoms with Crippen LogP contribution in [0.1, 0.15) is 45.7 Å².